The van der Waals surface area contributed by atoms with Crippen molar-refractivity contribution in [2.45, 2.75) is 16.0 Å². The fraction of sp³-hybridized carbons (Fsp3) is 0.0769. The average Bonchev–Trinajstić information content (AvgIpc) is 2.37. The lowest BCUT2D eigenvalue weighted by molar-refractivity contribution is -0.137. The molecule has 0 radical (unpaired) electrons. The standard InChI is InChI=1S/C13H9BrF3NO2S/c14-10-3-1-2-4-12(10)21(19,20)8-5-6-11(18)9(7-8)13(15,16)17/h1-7H,18H2. The van der Waals surface area contributed by atoms with E-state index >= 15 is 0 Å². The maximum absolute atomic E-state index is 12.8. The zero-order chi connectivity index (χ0) is 15.8. The number of alkyl halides is 3. The van der Waals surface area contributed by atoms with Crippen LogP contribution in [0, 0.1) is 0 Å². The summed E-state index contributed by atoms with van der Waals surface area (Å²) in [5, 5.41) is 0. The van der Waals surface area contributed by atoms with Crippen LogP contribution in [0.2, 0.25) is 0 Å². The van der Waals surface area contributed by atoms with Gasteiger partial charge in [-0.1, -0.05) is 12.1 Å². The van der Waals surface area contributed by atoms with Gasteiger partial charge in [-0.15, -0.1) is 0 Å². The van der Waals surface area contributed by atoms with Crippen LogP contribution < -0.4 is 5.73 Å². The first-order chi connectivity index (χ1) is 9.64. The van der Waals surface area contributed by atoms with Gasteiger partial charge in [0.1, 0.15) is 0 Å². The Bertz CT molecular complexity index is 788. The molecule has 3 nitrogen and oxygen atoms in total. The van der Waals surface area contributed by atoms with Gasteiger partial charge in [0.2, 0.25) is 9.84 Å². The molecular formula is C13H9BrF3NO2S. The topological polar surface area (TPSA) is 60.2 Å². The minimum absolute atomic E-state index is 0.108. The molecule has 0 aliphatic carbocycles. The van der Waals surface area contributed by atoms with Crippen molar-refractivity contribution < 1.29 is 21.6 Å². The van der Waals surface area contributed by atoms with Crippen LogP contribution in [-0.2, 0) is 16.0 Å². The number of anilines is 1. The van der Waals surface area contributed by atoms with Crippen molar-refractivity contribution in [3.8, 4) is 0 Å². The molecule has 0 bridgehead atoms. The molecule has 0 aromatic heterocycles. The lowest BCUT2D eigenvalue weighted by Gasteiger charge is -2.12. The van der Waals surface area contributed by atoms with E-state index in [9.17, 15) is 21.6 Å². The molecule has 0 fully saturated rings. The number of benzene rings is 2. The van der Waals surface area contributed by atoms with Crippen LogP contribution in [0.3, 0.4) is 0 Å². The molecule has 2 aromatic rings. The minimum Gasteiger partial charge on any atom is -0.398 e. The Morgan fingerprint density at radius 3 is 2.24 bits per heavy atom. The van der Waals surface area contributed by atoms with E-state index in [1.807, 2.05) is 0 Å². The molecule has 0 heterocycles. The molecule has 0 spiro atoms. The van der Waals surface area contributed by atoms with Crippen molar-refractivity contribution in [1.82, 2.24) is 0 Å². The van der Waals surface area contributed by atoms with Crippen LogP contribution in [-0.4, -0.2) is 8.42 Å². The van der Waals surface area contributed by atoms with Gasteiger partial charge in [0.15, 0.2) is 0 Å². The molecule has 0 aliphatic rings. The van der Waals surface area contributed by atoms with Crippen molar-refractivity contribution >= 4 is 31.5 Å². The number of rotatable bonds is 2. The number of nitrogen functional groups attached to an aromatic ring is 1. The second-order valence-corrected chi connectivity index (χ2v) is 6.95. The summed E-state index contributed by atoms with van der Waals surface area (Å²) >= 11 is 3.08. The Balaban J connectivity index is 2.65. The van der Waals surface area contributed by atoms with Gasteiger partial charge < -0.3 is 5.73 Å². The fourth-order valence-electron chi connectivity index (χ4n) is 1.74. The Morgan fingerprint density at radius 2 is 1.67 bits per heavy atom. The lowest BCUT2D eigenvalue weighted by Crippen LogP contribution is -2.11. The fourth-order valence-corrected chi connectivity index (χ4v) is 4.02. The van der Waals surface area contributed by atoms with Gasteiger partial charge in [-0.05, 0) is 46.3 Å². The monoisotopic (exact) mass is 379 g/mol. The molecule has 0 aliphatic heterocycles. The molecule has 0 unspecified atom stereocenters. The van der Waals surface area contributed by atoms with E-state index in [1.165, 1.54) is 18.2 Å². The zero-order valence-electron chi connectivity index (χ0n) is 10.4. The van der Waals surface area contributed by atoms with E-state index in [0.29, 0.717) is 6.07 Å². The summed E-state index contributed by atoms with van der Waals surface area (Å²) < 4.78 is 63.5. The Labute approximate surface area is 127 Å². The third-order valence-corrected chi connectivity index (χ3v) is 5.53. The predicted molar refractivity (Wildman–Crippen MR) is 75.5 cm³/mol. The Kier molecular flexibility index (Phi) is 4.03. The maximum Gasteiger partial charge on any atom is 0.418 e. The number of hydrogen-bond acceptors (Lipinski definition) is 3. The number of hydrogen-bond donors (Lipinski definition) is 1. The molecule has 0 amide bonds. The van der Waals surface area contributed by atoms with Crippen LogP contribution in [0.25, 0.3) is 0 Å². The molecule has 2 rings (SSSR count). The zero-order valence-corrected chi connectivity index (χ0v) is 12.8. The van der Waals surface area contributed by atoms with E-state index in [2.05, 4.69) is 15.9 Å². The molecule has 112 valence electrons. The van der Waals surface area contributed by atoms with Gasteiger partial charge >= 0.3 is 6.18 Å². The normalized spacial score (nSPS) is 12.4. The van der Waals surface area contributed by atoms with Gasteiger partial charge in [0.05, 0.1) is 15.4 Å². The van der Waals surface area contributed by atoms with E-state index in [-0.39, 0.29) is 9.37 Å². The highest BCUT2D eigenvalue weighted by Gasteiger charge is 2.34. The van der Waals surface area contributed by atoms with E-state index in [4.69, 9.17) is 5.73 Å². The van der Waals surface area contributed by atoms with Crippen molar-refractivity contribution in [1.29, 1.82) is 0 Å². The van der Waals surface area contributed by atoms with Crippen molar-refractivity contribution in [3.63, 3.8) is 0 Å². The van der Waals surface area contributed by atoms with Crippen molar-refractivity contribution in [2.24, 2.45) is 0 Å². The predicted octanol–water partition coefficient (Wildman–Crippen LogP) is 3.88. The van der Waals surface area contributed by atoms with Gasteiger partial charge in [0, 0.05) is 10.2 Å². The number of halogens is 4. The molecule has 2 aromatic carbocycles. The molecular weight excluding hydrogens is 371 g/mol. The third-order valence-electron chi connectivity index (χ3n) is 2.77. The molecule has 21 heavy (non-hydrogen) atoms. The molecule has 8 heteroatoms. The highest BCUT2D eigenvalue weighted by atomic mass is 79.9. The Hall–Kier alpha value is -1.54. The molecule has 0 saturated heterocycles. The second-order valence-electron chi connectivity index (χ2n) is 4.18. The summed E-state index contributed by atoms with van der Waals surface area (Å²) in [7, 11) is -4.07. The van der Waals surface area contributed by atoms with E-state index in [0.717, 1.165) is 12.1 Å². The average molecular weight is 380 g/mol. The first kappa shape index (κ1) is 15.8. The molecule has 2 N–H and O–H groups in total. The maximum atomic E-state index is 12.8. The van der Waals surface area contributed by atoms with Crippen LogP contribution >= 0.6 is 15.9 Å². The second kappa shape index (κ2) is 5.34. The van der Waals surface area contributed by atoms with Gasteiger partial charge in [0.25, 0.3) is 0 Å². The largest absolute Gasteiger partial charge is 0.418 e. The molecule has 0 atom stereocenters. The van der Waals surface area contributed by atoms with Crippen LogP contribution in [0.1, 0.15) is 5.56 Å². The minimum atomic E-state index is -4.72. The van der Waals surface area contributed by atoms with Crippen LogP contribution in [0.15, 0.2) is 56.7 Å². The SMILES string of the molecule is Nc1ccc(S(=O)(=O)c2ccccc2Br)cc1C(F)(F)F. The van der Waals surface area contributed by atoms with Crippen LogP contribution in [0.4, 0.5) is 18.9 Å². The Morgan fingerprint density at radius 1 is 1.05 bits per heavy atom. The summed E-state index contributed by atoms with van der Waals surface area (Å²) in [6.07, 6.45) is -4.72. The van der Waals surface area contributed by atoms with E-state index < -0.39 is 32.2 Å². The third kappa shape index (κ3) is 3.06. The van der Waals surface area contributed by atoms with Gasteiger partial charge in [-0.2, -0.15) is 13.2 Å². The first-order valence-electron chi connectivity index (χ1n) is 5.60. The summed E-state index contributed by atoms with van der Waals surface area (Å²) in [4.78, 5) is -0.571. The number of nitrogens with two attached hydrogens (primary N) is 1. The lowest BCUT2D eigenvalue weighted by atomic mass is 10.2. The highest BCUT2D eigenvalue weighted by molar-refractivity contribution is 9.10. The number of sulfone groups is 1. The summed E-state index contributed by atoms with van der Waals surface area (Å²) in [6.45, 7) is 0. The first-order valence-corrected chi connectivity index (χ1v) is 7.88. The summed E-state index contributed by atoms with van der Waals surface area (Å²) in [5.74, 6) is 0. The summed E-state index contributed by atoms with van der Waals surface area (Å²) in [6, 6.07) is 8.43. The van der Waals surface area contributed by atoms with Crippen molar-refractivity contribution in [3.05, 3.63) is 52.5 Å². The van der Waals surface area contributed by atoms with Crippen LogP contribution in [0.5, 0.6) is 0 Å². The van der Waals surface area contributed by atoms with Crippen molar-refractivity contribution in [2.75, 3.05) is 5.73 Å². The van der Waals surface area contributed by atoms with Gasteiger partial charge in [-0.25, -0.2) is 8.42 Å². The van der Waals surface area contributed by atoms with Gasteiger partial charge in [-0.3, -0.25) is 0 Å². The highest BCUT2D eigenvalue weighted by Crippen LogP contribution is 2.36. The summed E-state index contributed by atoms with van der Waals surface area (Å²) in [5.41, 5.74) is 3.57. The van der Waals surface area contributed by atoms with E-state index in [1.54, 1.807) is 6.07 Å². The molecule has 0 saturated carbocycles. The quantitative estimate of drug-likeness (QED) is 0.805. The smallest absolute Gasteiger partial charge is 0.398 e.